The Morgan fingerprint density at radius 1 is 1.11 bits per heavy atom. The molecule has 0 heterocycles. The molecule has 0 atom stereocenters. The second kappa shape index (κ2) is 6.85. The molecule has 0 aromatic heterocycles. The average Bonchev–Trinajstić information content (AvgIpc) is 2.44. The molecule has 0 aliphatic carbocycles. The van der Waals surface area contributed by atoms with Gasteiger partial charge in [-0.25, -0.2) is 0 Å². The fraction of sp³-hybridized carbons (Fsp3) is 0.133. The molecule has 19 heavy (non-hydrogen) atoms. The molecule has 0 aliphatic heterocycles. The topological polar surface area (TPSA) is 49.3 Å². The van der Waals surface area contributed by atoms with E-state index in [0.29, 0.717) is 6.42 Å². The minimum atomic E-state index is -0.763. The third-order valence-corrected chi connectivity index (χ3v) is 3.41. The summed E-state index contributed by atoms with van der Waals surface area (Å²) in [6.45, 7) is 0. The van der Waals surface area contributed by atoms with Gasteiger partial charge in [0.15, 0.2) is 0 Å². The standard InChI is InChI=1S/C15H15NO2S/c17-15(18)10-9-12-5-4-8-14(11-12)19-16-13-6-2-1-3-7-13/h1-8,11,16H,9-10H2,(H,17,18). The van der Waals surface area contributed by atoms with Gasteiger partial charge in [-0.15, -0.1) is 0 Å². The summed E-state index contributed by atoms with van der Waals surface area (Å²) in [7, 11) is 0. The van der Waals surface area contributed by atoms with E-state index >= 15 is 0 Å². The summed E-state index contributed by atoms with van der Waals surface area (Å²) >= 11 is 1.52. The number of benzene rings is 2. The highest BCUT2D eigenvalue weighted by atomic mass is 32.2. The monoisotopic (exact) mass is 273 g/mol. The Balaban J connectivity index is 1.93. The Hall–Kier alpha value is -1.94. The Morgan fingerprint density at radius 2 is 1.89 bits per heavy atom. The summed E-state index contributed by atoms with van der Waals surface area (Å²) in [5.41, 5.74) is 2.09. The normalized spacial score (nSPS) is 10.1. The van der Waals surface area contributed by atoms with E-state index in [4.69, 9.17) is 5.11 Å². The molecule has 2 aromatic carbocycles. The molecular weight excluding hydrogens is 258 g/mol. The summed E-state index contributed by atoms with van der Waals surface area (Å²) in [5.74, 6) is -0.763. The molecule has 0 saturated carbocycles. The number of anilines is 1. The number of carbonyl (C=O) groups is 1. The number of aliphatic carboxylic acids is 1. The highest BCUT2D eigenvalue weighted by molar-refractivity contribution is 8.00. The zero-order valence-corrected chi connectivity index (χ0v) is 11.2. The molecule has 0 aliphatic rings. The number of aryl methyl sites for hydroxylation is 1. The van der Waals surface area contributed by atoms with Crippen LogP contribution in [0.1, 0.15) is 12.0 Å². The number of hydrogen-bond acceptors (Lipinski definition) is 3. The number of carboxylic acid groups (broad SMARTS) is 1. The van der Waals surface area contributed by atoms with Gasteiger partial charge in [-0.1, -0.05) is 30.3 Å². The fourth-order valence-electron chi connectivity index (χ4n) is 1.64. The van der Waals surface area contributed by atoms with Crippen LogP contribution in [0, 0.1) is 0 Å². The van der Waals surface area contributed by atoms with Crippen molar-refractivity contribution in [2.75, 3.05) is 4.72 Å². The maximum atomic E-state index is 10.6. The minimum Gasteiger partial charge on any atom is -0.481 e. The van der Waals surface area contributed by atoms with Gasteiger partial charge >= 0.3 is 5.97 Å². The summed E-state index contributed by atoms with van der Waals surface area (Å²) in [4.78, 5) is 11.6. The van der Waals surface area contributed by atoms with E-state index in [0.717, 1.165) is 16.1 Å². The molecule has 4 heteroatoms. The SMILES string of the molecule is O=C(O)CCc1cccc(SNc2ccccc2)c1. The van der Waals surface area contributed by atoms with E-state index in [1.165, 1.54) is 11.9 Å². The largest absolute Gasteiger partial charge is 0.481 e. The van der Waals surface area contributed by atoms with Gasteiger partial charge < -0.3 is 9.83 Å². The quantitative estimate of drug-likeness (QED) is 0.785. The lowest BCUT2D eigenvalue weighted by atomic mass is 10.1. The molecule has 0 saturated heterocycles. The third kappa shape index (κ3) is 4.67. The first-order chi connectivity index (χ1) is 9.24. The van der Waals surface area contributed by atoms with E-state index in [2.05, 4.69) is 4.72 Å². The fourth-order valence-corrected chi connectivity index (χ4v) is 2.37. The predicted octanol–water partition coefficient (Wildman–Crippen LogP) is 3.82. The van der Waals surface area contributed by atoms with Crippen molar-refractivity contribution >= 4 is 23.6 Å². The molecule has 2 rings (SSSR count). The molecule has 0 bridgehead atoms. The summed E-state index contributed by atoms with van der Waals surface area (Å²) < 4.78 is 3.25. The van der Waals surface area contributed by atoms with Crippen LogP contribution in [0.4, 0.5) is 5.69 Å². The highest BCUT2D eigenvalue weighted by Gasteiger charge is 2.01. The Bertz CT molecular complexity index is 543. The van der Waals surface area contributed by atoms with Crippen molar-refractivity contribution in [3.63, 3.8) is 0 Å². The van der Waals surface area contributed by atoms with Gasteiger partial charge in [0, 0.05) is 17.0 Å². The van der Waals surface area contributed by atoms with Crippen LogP contribution in [0.2, 0.25) is 0 Å². The molecule has 3 nitrogen and oxygen atoms in total. The van der Waals surface area contributed by atoms with Crippen molar-refractivity contribution < 1.29 is 9.90 Å². The van der Waals surface area contributed by atoms with Crippen LogP contribution < -0.4 is 4.72 Å². The molecule has 2 aromatic rings. The number of para-hydroxylation sites is 1. The molecule has 98 valence electrons. The van der Waals surface area contributed by atoms with Crippen LogP contribution in [0.5, 0.6) is 0 Å². The van der Waals surface area contributed by atoms with Gasteiger partial charge in [0.05, 0.1) is 0 Å². The minimum absolute atomic E-state index is 0.167. The van der Waals surface area contributed by atoms with Crippen molar-refractivity contribution in [3.8, 4) is 0 Å². The Labute approximate surface area is 116 Å². The predicted molar refractivity (Wildman–Crippen MR) is 78.3 cm³/mol. The molecule has 0 unspecified atom stereocenters. The van der Waals surface area contributed by atoms with Crippen LogP contribution in [0.25, 0.3) is 0 Å². The summed E-state index contributed by atoms with van der Waals surface area (Å²) in [6.07, 6.45) is 0.731. The number of carboxylic acids is 1. The molecule has 0 amide bonds. The van der Waals surface area contributed by atoms with Crippen molar-refractivity contribution in [2.24, 2.45) is 0 Å². The highest BCUT2D eigenvalue weighted by Crippen LogP contribution is 2.22. The van der Waals surface area contributed by atoms with Gasteiger partial charge in [-0.05, 0) is 48.2 Å². The van der Waals surface area contributed by atoms with Gasteiger partial charge in [0.25, 0.3) is 0 Å². The number of nitrogens with one attached hydrogen (secondary N) is 1. The van der Waals surface area contributed by atoms with Crippen LogP contribution >= 0.6 is 11.9 Å². The number of rotatable bonds is 6. The molecule has 0 spiro atoms. The smallest absolute Gasteiger partial charge is 0.303 e. The van der Waals surface area contributed by atoms with E-state index in [1.807, 2.05) is 54.6 Å². The van der Waals surface area contributed by atoms with Gasteiger partial charge in [-0.3, -0.25) is 4.79 Å². The first-order valence-corrected chi connectivity index (χ1v) is 6.84. The van der Waals surface area contributed by atoms with Crippen LogP contribution in [0.15, 0.2) is 59.5 Å². The number of hydrogen-bond donors (Lipinski definition) is 2. The van der Waals surface area contributed by atoms with E-state index < -0.39 is 5.97 Å². The second-order valence-electron chi connectivity index (χ2n) is 4.11. The summed E-state index contributed by atoms with van der Waals surface area (Å²) in [5, 5.41) is 8.68. The van der Waals surface area contributed by atoms with Crippen LogP contribution in [0.3, 0.4) is 0 Å². The second-order valence-corrected chi connectivity index (χ2v) is 4.99. The van der Waals surface area contributed by atoms with Crippen LogP contribution in [-0.2, 0) is 11.2 Å². The first-order valence-electron chi connectivity index (χ1n) is 6.03. The van der Waals surface area contributed by atoms with Gasteiger partial charge in [0.2, 0.25) is 0 Å². The van der Waals surface area contributed by atoms with Crippen molar-refractivity contribution in [1.29, 1.82) is 0 Å². The van der Waals surface area contributed by atoms with E-state index in [9.17, 15) is 4.79 Å². The van der Waals surface area contributed by atoms with Crippen molar-refractivity contribution in [1.82, 2.24) is 0 Å². The zero-order chi connectivity index (χ0) is 13.5. The lowest BCUT2D eigenvalue weighted by molar-refractivity contribution is -0.136. The zero-order valence-electron chi connectivity index (χ0n) is 10.4. The summed E-state index contributed by atoms with van der Waals surface area (Å²) in [6, 6.07) is 17.9. The third-order valence-electron chi connectivity index (χ3n) is 2.59. The maximum Gasteiger partial charge on any atom is 0.303 e. The van der Waals surface area contributed by atoms with Crippen LogP contribution in [-0.4, -0.2) is 11.1 Å². The lowest BCUT2D eigenvalue weighted by Crippen LogP contribution is -1.97. The van der Waals surface area contributed by atoms with Gasteiger partial charge in [-0.2, -0.15) is 0 Å². The first kappa shape index (κ1) is 13.5. The molecule has 0 radical (unpaired) electrons. The molecular formula is C15H15NO2S. The Morgan fingerprint density at radius 3 is 2.63 bits per heavy atom. The van der Waals surface area contributed by atoms with Crippen molar-refractivity contribution in [3.05, 3.63) is 60.2 Å². The molecule has 2 N–H and O–H groups in total. The molecule has 0 fully saturated rings. The maximum absolute atomic E-state index is 10.6. The van der Waals surface area contributed by atoms with E-state index in [1.54, 1.807) is 0 Å². The lowest BCUT2D eigenvalue weighted by Gasteiger charge is -2.06. The van der Waals surface area contributed by atoms with Crippen molar-refractivity contribution in [2.45, 2.75) is 17.7 Å². The van der Waals surface area contributed by atoms with Gasteiger partial charge in [0.1, 0.15) is 0 Å². The van der Waals surface area contributed by atoms with E-state index in [-0.39, 0.29) is 6.42 Å². The Kier molecular flexibility index (Phi) is 4.86. The average molecular weight is 273 g/mol.